The third-order valence-corrected chi connectivity index (χ3v) is 7.20. The minimum absolute atomic E-state index is 0.387. The molecule has 1 fully saturated rings. The van der Waals surface area contributed by atoms with E-state index in [2.05, 4.69) is 17.9 Å². The number of aryl methyl sites for hydroxylation is 1. The standard InChI is InChI=1S/C22H26N2O3S/c1-2-5-18-8-10-21(11-9-18)28(25,26)24-14-12-23(13-15-24)17-20-16-19-6-3-4-7-22(19)27-20/h3-4,6-11,16H,2,5,12-15,17H2,1H3. The normalized spacial score (nSPS) is 16.6. The number of nitrogens with zero attached hydrogens (tertiary/aromatic N) is 2. The van der Waals surface area contributed by atoms with Crippen LogP contribution in [-0.4, -0.2) is 43.8 Å². The molecule has 3 aromatic rings. The molecule has 0 bridgehead atoms. The van der Waals surface area contributed by atoms with Crippen LogP contribution in [-0.2, 0) is 23.0 Å². The van der Waals surface area contributed by atoms with Gasteiger partial charge in [-0.2, -0.15) is 4.31 Å². The summed E-state index contributed by atoms with van der Waals surface area (Å²) >= 11 is 0. The van der Waals surface area contributed by atoms with E-state index in [-0.39, 0.29) is 0 Å². The van der Waals surface area contributed by atoms with Crippen molar-refractivity contribution in [2.75, 3.05) is 26.2 Å². The van der Waals surface area contributed by atoms with Gasteiger partial charge in [0.25, 0.3) is 0 Å². The van der Waals surface area contributed by atoms with Crippen molar-refractivity contribution in [2.24, 2.45) is 0 Å². The fourth-order valence-electron chi connectivity index (χ4n) is 3.73. The highest BCUT2D eigenvalue weighted by molar-refractivity contribution is 7.89. The average Bonchev–Trinajstić information content (AvgIpc) is 3.11. The zero-order chi connectivity index (χ0) is 19.6. The molecular formula is C22H26N2O3S. The Balaban J connectivity index is 1.38. The molecule has 0 unspecified atom stereocenters. The van der Waals surface area contributed by atoms with Crippen LogP contribution in [0.25, 0.3) is 11.0 Å². The Morgan fingerprint density at radius 3 is 2.36 bits per heavy atom. The van der Waals surface area contributed by atoms with Gasteiger partial charge in [-0.1, -0.05) is 43.7 Å². The number of benzene rings is 2. The summed E-state index contributed by atoms with van der Waals surface area (Å²) in [4.78, 5) is 2.63. The highest BCUT2D eigenvalue weighted by Gasteiger charge is 2.28. The van der Waals surface area contributed by atoms with Crippen molar-refractivity contribution in [1.82, 2.24) is 9.21 Å². The van der Waals surface area contributed by atoms with Gasteiger partial charge in [0.1, 0.15) is 11.3 Å². The molecule has 148 valence electrons. The van der Waals surface area contributed by atoms with Crippen molar-refractivity contribution in [2.45, 2.75) is 31.2 Å². The molecule has 0 spiro atoms. The Morgan fingerprint density at radius 2 is 1.68 bits per heavy atom. The number of piperazine rings is 1. The second-order valence-electron chi connectivity index (χ2n) is 7.32. The van der Waals surface area contributed by atoms with Gasteiger partial charge in [-0.3, -0.25) is 4.90 Å². The van der Waals surface area contributed by atoms with Crippen LogP contribution in [0.1, 0.15) is 24.7 Å². The van der Waals surface area contributed by atoms with Crippen molar-refractivity contribution < 1.29 is 12.8 Å². The molecule has 0 amide bonds. The van der Waals surface area contributed by atoms with Crippen LogP contribution in [0.2, 0.25) is 0 Å². The minimum Gasteiger partial charge on any atom is -0.460 e. The summed E-state index contributed by atoms with van der Waals surface area (Å²) in [6.45, 7) is 5.22. The third-order valence-electron chi connectivity index (χ3n) is 5.29. The van der Waals surface area contributed by atoms with Crippen molar-refractivity contribution in [3.63, 3.8) is 0 Å². The first kappa shape index (κ1) is 19.2. The van der Waals surface area contributed by atoms with Gasteiger partial charge in [0.05, 0.1) is 11.4 Å². The number of para-hydroxylation sites is 1. The molecule has 5 nitrogen and oxygen atoms in total. The van der Waals surface area contributed by atoms with Crippen LogP contribution >= 0.6 is 0 Å². The Kier molecular flexibility index (Phi) is 5.53. The molecule has 4 rings (SSSR count). The van der Waals surface area contributed by atoms with E-state index >= 15 is 0 Å². The number of rotatable bonds is 6. The van der Waals surface area contributed by atoms with Gasteiger partial charge >= 0.3 is 0 Å². The number of furan rings is 1. The fourth-order valence-corrected chi connectivity index (χ4v) is 5.15. The highest BCUT2D eigenvalue weighted by Crippen LogP contribution is 2.22. The quantitative estimate of drug-likeness (QED) is 0.632. The zero-order valence-corrected chi connectivity index (χ0v) is 17.0. The minimum atomic E-state index is -3.43. The van der Waals surface area contributed by atoms with Gasteiger partial charge in [-0.05, 0) is 36.2 Å². The van der Waals surface area contributed by atoms with Crippen LogP contribution in [0, 0.1) is 0 Å². The SMILES string of the molecule is CCCc1ccc(S(=O)(=O)N2CCN(Cc3cc4ccccc4o3)CC2)cc1. The largest absolute Gasteiger partial charge is 0.460 e. The van der Waals surface area contributed by atoms with Crippen molar-refractivity contribution in [1.29, 1.82) is 0 Å². The highest BCUT2D eigenvalue weighted by atomic mass is 32.2. The van der Waals surface area contributed by atoms with E-state index in [9.17, 15) is 8.42 Å². The topological polar surface area (TPSA) is 53.8 Å². The summed E-state index contributed by atoms with van der Waals surface area (Å²) in [5.41, 5.74) is 2.07. The maximum Gasteiger partial charge on any atom is 0.243 e. The maximum absolute atomic E-state index is 12.9. The molecule has 2 heterocycles. The van der Waals surface area contributed by atoms with E-state index in [0.29, 0.717) is 37.6 Å². The molecule has 2 aromatic carbocycles. The predicted octanol–water partition coefficient (Wildman–Crippen LogP) is 3.89. The molecular weight excluding hydrogens is 372 g/mol. The molecule has 0 saturated carbocycles. The molecule has 0 N–H and O–H groups in total. The van der Waals surface area contributed by atoms with E-state index in [1.807, 2.05) is 36.4 Å². The number of hydrogen-bond acceptors (Lipinski definition) is 4. The van der Waals surface area contributed by atoms with Crippen LogP contribution in [0.4, 0.5) is 0 Å². The van der Waals surface area contributed by atoms with Gasteiger partial charge in [0.2, 0.25) is 10.0 Å². The van der Waals surface area contributed by atoms with E-state index in [1.165, 1.54) is 5.56 Å². The summed E-state index contributed by atoms with van der Waals surface area (Å²) in [5, 5.41) is 1.10. The lowest BCUT2D eigenvalue weighted by atomic mass is 10.1. The Morgan fingerprint density at radius 1 is 0.964 bits per heavy atom. The second kappa shape index (κ2) is 8.07. The monoisotopic (exact) mass is 398 g/mol. The van der Waals surface area contributed by atoms with Crippen molar-refractivity contribution in [3.8, 4) is 0 Å². The summed E-state index contributed by atoms with van der Waals surface area (Å²) in [6, 6.07) is 17.4. The first-order valence-electron chi connectivity index (χ1n) is 9.85. The summed E-state index contributed by atoms with van der Waals surface area (Å²) in [6.07, 6.45) is 2.03. The van der Waals surface area contributed by atoms with Crippen LogP contribution in [0.15, 0.2) is 63.9 Å². The van der Waals surface area contributed by atoms with Gasteiger partial charge in [-0.25, -0.2) is 8.42 Å². The Hall–Kier alpha value is -2.15. The lowest BCUT2D eigenvalue weighted by Gasteiger charge is -2.33. The molecule has 0 atom stereocenters. The maximum atomic E-state index is 12.9. The van der Waals surface area contributed by atoms with Gasteiger partial charge in [-0.15, -0.1) is 0 Å². The Bertz CT molecular complexity index is 1000. The molecule has 0 radical (unpaired) electrons. The first-order chi connectivity index (χ1) is 13.6. The zero-order valence-electron chi connectivity index (χ0n) is 16.2. The summed E-state index contributed by atoms with van der Waals surface area (Å²) in [5.74, 6) is 0.920. The number of hydrogen-bond donors (Lipinski definition) is 0. The van der Waals surface area contributed by atoms with E-state index < -0.39 is 10.0 Å². The fraction of sp³-hybridized carbons (Fsp3) is 0.364. The molecule has 1 aliphatic heterocycles. The van der Waals surface area contributed by atoms with Gasteiger partial charge < -0.3 is 4.42 Å². The lowest BCUT2D eigenvalue weighted by Crippen LogP contribution is -2.48. The lowest BCUT2D eigenvalue weighted by molar-refractivity contribution is 0.172. The average molecular weight is 399 g/mol. The smallest absolute Gasteiger partial charge is 0.243 e. The second-order valence-corrected chi connectivity index (χ2v) is 9.26. The summed E-state index contributed by atoms with van der Waals surface area (Å²) < 4.78 is 33.3. The molecule has 6 heteroatoms. The van der Waals surface area contributed by atoms with Crippen LogP contribution in [0.5, 0.6) is 0 Å². The molecule has 0 aliphatic carbocycles. The van der Waals surface area contributed by atoms with E-state index in [1.54, 1.807) is 16.4 Å². The number of sulfonamides is 1. The molecule has 1 saturated heterocycles. The van der Waals surface area contributed by atoms with Gasteiger partial charge in [0.15, 0.2) is 0 Å². The molecule has 28 heavy (non-hydrogen) atoms. The van der Waals surface area contributed by atoms with Crippen molar-refractivity contribution >= 4 is 21.0 Å². The van der Waals surface area contributed by atoms with Crippen LogP contribution in [0.3, 0.4) is 0 Å². The van der Waals surface area contributed by atoms with Crippen molar-refractivity contribution in [3.05, 3.63) is 65.9 Å². The Labute approximate surface area is 166 Å². The first-order valence-corrected chi connectivity index (χ1v) is 11.3. The van der Waals surface area contributed by atoms with Crippen LogP contribution < -0.4 is 0 Å². The molecule has 1 aliphatic rings. The van der Waals surface area contributed by atoms with Gasteiger partial charge in [0, 0.05) is 31.6 Å². The third kappa shape index (κ3) is 3.99. The van der Waals surface area contributed by atoms with E-state index in [0.717, 1.165) is 29.6 Å². The predicted molar refractivity (Wildman–Crippen MR) is 111 cm³/mol. The number of fused-ring (bicyclic) bond motifs is 1. The van der Waals surface area contributed by atoms with E-state index in [4.69, 9.17) is 4.42 Å². The summed E-state index contributed by atoms with van der Waals surface area (Å²) in [7, 11) is -3.43. The molecule has 1 aromatic heterocycles.